The lowest BCUT2D eigenvalue weighted by Crippen LogP contribution is -2.29. The Morgan fingerprint density at radius 1 is 1.53 bits per heavy atom. The molecule has 0 bridgehead atoms. The first kappa shape index (κ1) is 14.0. The summed E-state index contributed by atoms with van der Waals surface area (Å²) in [5.74, 6) is 1.04. The zero-order valence-electron chi connectivity index (χ0n) is 10.7. The van der Waals surface area contributed by atoms with Gasteiger partial charge in [0.15, 0.2) is 5.82 Å². The second kappa shape index (κ2) is 6.05. The van der Waals surface area contributed by atoms with E-state index in [0.717, 1.165) is 6.42 Å². The summed E-state index contributed by atoms with van der Waals surface area (Å²) in [6, 6.07) is 0. The number of rotatable bonds is 6. The van der Waals surface area contributed by atoms with Gasteiger partial charge in [0.05, 0.1) is 0 Å². The molecule has 0 spiro atoms. The van der Waals surface area contributed by atoms with Gasteiger partial charge in [0.25, 0.3) is 5.56 Å². The summed E-state index contributed by atoms with van der Waals surface area (Å²) in [5, 5.41) is 3.11. The second-order valence-corrected chi connectivity index (χ2v) is 5.20. The van der Waals surface area contributed by atoms with Crippen molar-refractivity contribution in [3.8, 4) is 0 Å². The molecule has 0 aliphatic carbocycles. The van der Waals surface area contributed by atoms with Crippen LogP contribution in [-0.4, -0.2) is 22.0 Å². The van der Waals surface area contributed by atoms with Crippen molar-refractivity contribution in [2.75, 3.05) is 17.7 Å². The van der Waals surface area contributed by atoms with Gasteiger partial charge in [-0.25, -0.2) is 4.98 Å². The highest BCUT2D eigenvalue weighted by Crippen LogP contribution is 2.20. The van der Waals surface area contributed by atoms with E-state index < -0.39 is 0 Å². The zero-order valence-corrected chi connectivity index (χ0v) is 11.4. The zero-order chi connectivity index (χ0) is 12.9. The van der Waals surface area contributed by atoms with E-state index in [4.69, 9.17) is 11.6 Å². The SMILES string of the molecule is CCn1ccnc(NCC(C)(C)CCCl)c1=O. The number of hydrogen-bond donors (Lipinski definition) is 1. The third-order valence-electron chi connectivity index (χ3n) is 2.76. The monoisotopic (exact) mass is 257 g/mol. The first-order valence-corrected chi connectivity index (χ1v) is 6.39. The number of alkyl halides is 1. The van der Waals surface area contributed by atoms with Crippen molar-refractivity contribution >= 4 is 17.4 Å². The Morgan fingerprint density at radius 3 is 2.82 bits per heavy atom. The van der Waals surface area contributed by atoms with Gasteiger partial charge in [0.1, 0.15) is 0 Å². The van der Waals surface area contributed by atoms with Crippen LogP contribution in [0.1, 0.15) is 27.2 Å². The van der Waals surface area contributed by atoms with Crippen LogP contribution in [0.4, 0.5) is 5.82 Å². The molecule has 0 saturated heterocycles. The largest absolute Gasteiger partial charge is 0.365 e. The van der Waals surface area contributed by atoms with Gasteiger partial charge in [-0.3, -0.25) is 4.79 Å². The summed E-state index contributed by atoms with van der Waals surface area (Å²) in [6.07, 6.45) is 4.23. The number of nitrogens with one attached hydrogen (secondary N) is 1. The molecule has 1 aromatic heterocycles. The molecule has 0 saturated carbocycles. The van der Waals surface area contributed by atoms with Gasteiger partial charge in [0.2, 0.25) is 0 Å². The van der Waals surface area contributed by atoms with Gasteiger partial charge in [-0.05, 0) is 18.8 Å². The Hall–Kier alpha value is -1.03. The summed E-state index contributed by atoms with van der Waals surface area (Å²) >= 11 is 5.74. The standard InChI is InChI=1S/C12H20ClN3O/c1-4-16-8-7-14-10(11(16)17)15-9-12(2,3)5-6-13/h7-8H,4-6,9H2,1-3H3,(H,14,15). The molecule has 5 heteroatoms. The van der Waals surface area contributed by atoms with Crippen LogP contribution in [0.5, 0.6) is 0 Å². The van der Waals surface area contributed by atoms with Crippen LogP contribution >= 0.6 is 11.6 Å². The predicted octanol–water partition coefficient (Wildman–Crippen LogP) is 2.33. The molecular weight excluding hydrogens is 238 g/mol. The lowest BCUT2D eigenvalue weighted by molar-refractivity contribution is 0.378. The molecule has 1 N–H and O–H groups in total. The number of nitrogens with zero attached hydrogens (tertiary/aromatic N) is 2. The minimum Gasteiger partial charge on any atom is -0.365 e. The van der Waals surface area contributed by atoms with E-state index in [0.29, 0.717) is 24.8 Å². The Bertz CT molecular complexity index is 414. The smallest absolute Gasteiger partial charge is 0.293 e. The first-order valence-electron chi connectivity index (χ1n) is 5.85. The van der Waals surface area contributed by atoms with E-state index >= 15 is 0 Å². The molecule has 0 unspecified atom stereocenters. The van der Waals surface area contributed by atoms with Crippen molar-refractivity contribution in [3.05, 3.63) is 22.7 Å². The Morgan fingerprint density at radius 2 is 2.24 bits per heavy atom. The van der Waals surface area contributed by atoms with Crippen molar-refractivity contribution in [1.29, 1.82) is 0 Å². The fraction of sp³-hybridized carbons (Fsp3) is 0.667. The second-order valence-electron chi connectivity index (χ2n) is 4.82. The lowest BCUT2D eigenvalue weighted by Gasteiger charge is -2.23. The summed E-state index contributed by atoms with van der Waals surface area (Å²) in [4.78, 5) is 16.0. The molecule has 1 aromatic rings. The van der Waals surface area contributed by atoms with Gasteiger partial charge in [-0.15, -0.1) is 11.6 Å². The normalized spacial score (nSPS) is 11.5. The Labute approximate surface area is 107 Å². The molecule has 96 valence electrons. The maximum atomic E-state index is 11.9. The van der Waals surface area contributed by atoms with E-state index in [9.17, 15) is 4.79 Å². The van der Waals surface area contributed by atoms with Crippen LogP contribution in [0.2, 0.25) is 0 Å². The van der Waals surface area contributed by atoms with Crippen molar-refractivity contribution < 1.29 is 0 Å². The van der Waals surface area contributed by atoms with E-state index in [1.54, 1.807) is 17.0 Å². The molecule has 0 aliphatic heterocycles. The maximum absolute atomic E-state index is 11.9. The molecule has 17 heavy (non-hydrogen) atoms. The van der Waals surface area contributed by atoms with Crippen molar-refractivity contribution in [2.45, 2.75) is 33.7 Å². The minimum absolute atomic E-state index is 0.0583. The topological polar surface area (TPSA) is 46.9 Å². The number of aromatic nitrogens is 2. The van der Waals surface area contributed by atoms with Gasteiger partial charge < -0.3 is 9.88 Å². The third kappa shape index (κ3) is 4.04. The number of anilines is 1. The van der Waals surface area contributed by atoms with Crippen LogP contribution in [0.3, 0.4) is 0 Å². The molecule has 0 fully saturated rings. The predicted molar refractivity (Wildman–Crippen MR) is 71.8 cm³/mol. The quantitative estimate of drug-likeness (QED) is 0.796. The van der Waals surface area contributed by atoms with E-state index in [1.165, 1.54) is 0 Å². The van der Waals surface area contributed by atoms with E-state index in [2.05, 4.69) is 24.1 Å². The van der Waals surface area contributed by atoms with Gasteiger partial charge in [-0.2, -0.15) is 0 Å². The summed E-state index contributed by atoms with van der Waals surface area (Å²) in [5.41, 5.74) is -0.0142. The molecule has 4 nitrogen and oxygen atoms in total. The first-order chi connectivity index (χ1) is 8.00. The van der Waals surface area contributed by atoms with Crippen LogP contribution in [-0.2, 0) is 6.54 Å². The van der Waals surface area contributed by atoms with Crippen LogP contribution in [0.25, 0.3) is 0 Å². The van der Waals surface area contributed by atoms with Crippen LogP contribution in [0.15, 0.2) is 17.2 Å². The highest BCUT2D eigenvalue weighted by Gasteiger charge is 2.17. The highest BCUT2D eigenvalue weighted by atomic mass is 35.5. The molecule has 1 heterocycles. The molecule has 1 rings (SSSR count). The van der Waals surface area contributed by atoms with Gasteiger partial charge >= 0.3 is 0 Å². The summed E-state index contributed by atoms with van der Waals surface area (Å²) in [7, 11) is 0. The molecule has 0 radical (unpaired) electrons. The summed E-state index contributed by atoms with van der Waals surface area (Å²) < 4.78 is 1.63. The van der Waals surface area contributed by atoms with Crippen LogP contribution in [0, 0.1) is 5.41 Å². The van der Waals surface area contributed by atoms with Crippen molar-refractivity contribution in [1.82, 2.24) is 9.55 Å². The highest BCUT2D eigenvalue weighted by molar-refractivity contribution is 6.17. The third-order valence-corrected chi connectivity index (χ3v) is 2.95. The molecule has 0 amide bonds. The molecular formula is C12H20ClN3O. The fourth-order valence-electron chi connectivity index (χ4n) is 1.48. The van der Waals surface area contributed by atoms with Crippen molar-refractivity contribution in [2.24, 2.45) is 5.41 Å². The Balaban J connectivity index is 2.73. The fourth-order valence-corrected chi connectivity index (χ4v) is 2.00. The van der Waals surface area contributed by atoms with E-state index in [-0.39, 0.29) is 11.0 Å². The average molecular weight is 258 g/mol. The van der Waals surface area contributed by atoms with E-state index in [1.807, 2.05) is 6.92 Å². The maximum Gasteiger partial charge on any atom is 0.293 e. The van der Waals surface area contributed by atoms with Gasteiger partial charge in [0, 0.05) is 31.4 Å². The minimum atomic E-state index is -0.0725. The molecule has 0 aliphatic rings. The average Bonchev–Trinajstić information content (AvgIpc) is 2.28. The Kier molecular flexibility index (Phi) is 5.00. The lowest BCUT2D eigenvalue weighted by atomic mass is 9.90. The molecule has 0 atom stereocenters. The number of aryl methyl sites for hydroxylation is 1. The number of halogens is 1. The van der Waals surface area contributed by atoms with Crippen LogP contribution < -0.4 is 10.9 Å². The number of hydrogen-bond acceptors (Lipinski definition) is 3. The van der Waals surface area contributed by atoms with Crippen molar-refractivity contribution in [3.63, 3.8) is 0 Å². The summed E-state index contributed by atoms with van der Waals surface area (Å²) in [6.45, 7) is 7.51. The van der Waals surface area contributed by atoms with Gasteiger partial charge in [-0.1, -0.05) is 13.8 Å². The molecule has 0 aromatic carbocycles.